The van der Waals surface area contributed by atoms with Crippen molar-refractivity contribution in [3.63, 3.8) is 0 Å². The molecular weight excluding hydrogens is 226 g/mol. The molecule has 7 heteroatoms. The van der Waals surface area contributed by atoms with E-state index in [9.17, 15) is 9.59 Å². The van der Waals surface area contributed by atoms with E-state index in [-0.39, 0.29) is 18.7 Å². The van der Waals surface area contributed by atoms with E-state index in [4.69, 9.17) is 10.8 Å². The Labute approximate surface area is 98.2 Å². The van der Waals surface area contributed by atoms with Gasteiger partial charge >= 0.3 is 11.9 Å². The average Bonchev–Trinajstić information content (AvgIpc) is 2.66. The van der Waals surface area contributed by atoms with Gasteiger partial charge in [0.05, 0.1) is 13.5 Å². The normalized spacial score (nSPS) is 12.2. The van der Waals surface area contributed by atoms with Crippen LogP contribution in [0, 0.1) is 0 Å². The molecule has 1 unspecified atom stereocenters. The SMILES string of the molecule is COC(=O)c1nn(C)cc1C(CN)CC(=O)O. The number of ether oxygens (including phenoxy) is 1. The molecule has 1 heterocycles. The van der Waals surface area contributed by atoms with E-state index in [0.717, 1.165) is 0 Å². The minimum Gasteiger partial charge on any atom is -0.481 e. The van der Waals surface area contributed by atoms with E-state index < -0.39 is 17.9 Å². The van der Waals surface area contributed by atoms with Gasteiger partial charge in [0.1, 0.15) is 0 Å². The van der Waals surface area contributed by atoms with E-state index >= 15 is 0 Å². The number of nitrogens with two attached hydrogens (primary N) is 1. The summed E-state index contributed by atoms with van der Waals surface area (Å²) in [4.78, 5) is 22.2. The second-order valence-corrected chi connectivity index (χ2v) is 3.63. The third-order valence-electron chi connectivity index (χ3n) is 2.38. The Morgan fingerprint density at radius 2 is 2.29 bits per heavy atom. The Hall–Kier alpha value is -1.89. The summed E-state index contributed by atoms with van der Waals surface area (Å²) >= 11 is 0. The van der Waals surface area contributed by atoms with Crippen LogP contribution in [0.3, 0.4) is 0 Å². The van der Waals surface area contributed by atoms with Crippen LogP contribution in [-0.4, -0.2) is 40.5 Å². The minimum atomic E-state index is -0.972. The second kappa shape index (κ2) is 5.44. The van der Waals surface area contributed by atoms with Crippen molar-refractivity contribution < 1.29 is 19.4 Å². The molecule has 1 aromatic heterocycles. The number of hydrogen-bond acceptors (Lipinski definition) is 5. The summed E-state index contributed by atoms with van der Waals surface area (Å²) in [7, 11) is 2.89. The first-order valence-electron chi connectivity index (χ1n) is 5.03. The number of aliphatic carboxylic acids is 1. The predicted octanol–water partition coefficient (Wildman–Crippen LogP) is -0.276. The zero-order valence-corrected chi connectivity index (χ0v) is 9.71. The first kappa shape index (κ1) is 13.2. The number of hydrogen-bond donors (Lipinski definition) is 2. The highest BCUT2D eigenvalue weighted by Gasteiger charge is 2.24. The molecule has 17 heavy (non-hydrogen) atoms. The molecule has 1 atom stereocenters. The molecule has 1 rings (SSSR count). The third kappa shape index (κ3) is 3.04. The van der Waals surface area contributed by atoms with Gasteiger partial charge in [0, 0.05) is 24.7 Å². The summed E-state index contributed by atoms with van der Waals surface area (Å²) in [5, 5.41) is 12.7. The Morgan fingerprint density at radius 3 is 2.76 bits per heavy atom. The van der Waals surface area contributed by atoms with Crippen LogP contribution in [0.4, 0.5) is 0 Å². The fourth-order valence-electron chi connectivity index (χ4n) is 1.59. The van der Waals surface area contributed by atoms with Crippen molar-refractivity contribution in [2.24, 2.45) is 12.8 Å². The second-order valence-electron chi connectivity index (χ2n) is 3.63. The van der Waals surface area contributed by atoms with Gasteiger partial charge < -0.3 is 15.6 Å². The van der Waals surface area contributed by atoms with Gasteiger partial charge in [0.2, 0.25) is 0 Å². The van der Waals surface area contributed by atoms with Crippen molar-refractivity contribution >= 4 is 11.9 Å². The molecule has 0 spiro atoms. The predicted molar refractivity (Wildman–Crippen MR) is 58.6 cm³/mol. The lowest BCUT2D eigenvalue weighted by atomic mass is 9.96. The minimum absolute atomic E-state index is 0.117. The fraction of sp³-hybridized carbons (Fsp3) is 0.500. The van der Waals surface area contributed by atoms with Crippen LogP contribution in [0.25, 0.3) is 0 Å². The van der Waals surface area contributed by atoms with Crippen molar-refractivity contribution in [1.82, 2.24) is 9.78 Å². The lowest BCUT2D eigenvalue weighted by Crippen LogP contribution is -2.18. The number of methoxy groups -OCH3 is 1. The van der Waals surface area contributed by atoms with Gasteiger partial charge in [-0.3, -0.25) is 9.48 Å². The number of nitrogens with zero attached hydrogens (tertiary/aromatic N) is 2. The molecule has 0 aliphatic carbocycles. The summed E-state index contributed by atoms with van der Waals surface area (Å²) in [6.07, 6.45) is 1.44. The summed E-state index contributed by atoms with van der Waals surface area (Å²) in [5.74, 6) is -2.01. The van der Waals surface area contributed by atoms with Crippen LogP contribution in [0.15, 0.2) is 6.20 Å². The highest BCUT2D eigenvalue weighted by molar-refractivity contribution is 5.89. The number of carboxylic acid groups (broad SMARTS) is 1. The van der Waals surface area contributed by atoms with Gasteiger partial charge in [-0.1, -0.05) is 0 Å². The fourth-order valence-corrected chi connectivity index (χ4v) is 1.59. The van der Waals surface area contributed by atoms with Crippen molar-refractivity contribution in [2.75, 3.05) is 13.7 Å². The number of aryl methyl sites for hydroxylation is 1. The van der Waals surface area contributed by atoms with E-state index in [0.29, 0.717) is 5.56 Å². The molecule has 3 N–H and O–H groups in total. The monoisotopic (exact) mass is 241 g/mol. The maximum atomic E-state index is 11.5. The number of carboxylic acids is 1. The van der Waals surface area contributed by atoms with Crippen molar-refractivity contribution in [1.29, 1.82) is 0 Å². The van der Waals surface area contributed by atoms with Gasteiger partial charge in [0.25, 0.3) is 0 Å². The van der Waals surface area contributed by atoms with Crippen molar-refractivity contribution in [3.05, 3.63) is 17.5 Å². The van der Waals surface area contributed by atoms with E-state index in [1.54, 1.807) is 13.2 Å². The summed E-state index contributed by atoms with van der Waals surface area (Å²) in [6, 6.07) is 0. The van der Waals surface area contributed by atoms with Gasteiger partial charge in [0.15, 0.2) is 5.69 Å². The van der Waals surface area contributed by atoms with Gasteiger partial charge in [-0.2, -0.15) is 5.10 Å². The standard InChI is InChI=1S/C10H15N3O4/c1-13-5-7(6(4-11)3-8(14)15)9(12-13)10(16)17-2/h5-6H,3-4,11H2,1-2H3,(H,14,15). The largest absolute Gasteiger partial charge is 0.481 e. The van der Waals surface area contributed by atoms with Crippen LogP contribution < -0.4 is 5.73 Å². The number of carbonyl (C=O) groups is 2. The molecule has 0 amide bonds. The van der Waals surface area contributed by atoms with Crippen LogP contribution in [-0.2, 0) is 16.6 Å². The van der Waals surface area contributed by atoms with Crippen LogP contribution in [0.2, 0.25) is 0 Å². The Bertz CT molecular complexity index is 427. The summed E-state index contributed by atoms with van der Waals surface area (Å²) < 4.78 is 6.02. The average molecular weight is 241 g/mol. The number of esters is 1. The first-order chi connectivity index (χ1) is 7.99. The number of carbonyl (C=O) groups excluding carboxylic acids is 1. The van der Waals surface area contributed by atoms with E-state index in [1.165, 1.54) is 11.8 Å². The van der Waals surface area contributed by atoms with E-state index in [2.05, 4.69) is 9.84 Å². The molecule has 0 saturated heterocycles. The quantitative estimate of drug-likeness (QED) is 0.687. The molecule has 0 fully saturated rings. The number of aromatic nitrogens is 2. The lowest BCUT2D eigenvalue weighted by molar-refractivity contribution is -0.137. The number of rotatable bonds is 5. The summed E-state index contributed by atoms with van der Waals surface area (Å²) in [6.45, 7) is 0.127. The molecule has 0 bridgehead atoms. The smallest absolute Gasteiger partial charge is 0.358 e. The lowest BCUT2D eigenvalue weighted by Gasteiger charge is -2.11. The topological polar surface area (TPSA) is 107 Å². The Balaban J connectivity index is 3.09. The van der Waals surface area contributed by atoms with Crippen LogP contribution >= 0.6 is 0 Å². The maximum Gasteiger partial charge on any atom is 0.358 e. The van der Waals surface area contributed by atoms with Crippen molar-refractivity contribution in [3.8, 4) is 0 Å². The maximum absolute atomic E-state index is 11.5. The highest BCUT2D eigenvalue weighted by atomic mass is 16.5. The Morgan fingerprint density at radius 1 is 1.65 bits per heavy atom. The highest BCUT2D eigenvalue weighted by Crippen LogP contribution is 2.22. The molecule has 94 valence electrons. The first-order valence-corrected chi connectivity index (χ1v) is 5.03. The Kier molecular flexibility index (Phi) is 4.22. The zero-order valence-electron chi connectivity index (χ0n) is 9.71. The molecule has 7 nitrogen and oxygen atoms in total. The molecule has 0 aliphatic rings. The molecule has 0 saturated carbocycles. The molecular formula is C10H15N3O4. The van der Waals surface area contributed by atoms with Gasteiger partial charge in [-0.15, -0.1) is 0 Å². The van der Waals surface area contributed by atoms with Crippen molar-refractivity contribution in [2.45, 2.75) is 12.3 Å². The molecule has 0 aliphatic heterocycles. The van der Waals surface area contributed by atoms with E-state index in [1.807, 2.05) is 0 Å². The molecule has 0 aromatic carbocycles. The van der Waals surface area contributed by atoms with Gasteiger partial charge in [-0.25, -0.2) is 4.79 Å². The van der Waals surface area contributed by atoms with Crippen LogP contribution in [0.5, 0.6) is 0 Å². The molecule has 0 radical (unpaired) electrons. The summed E-state index contributed by atoms with van der Waals surface area (Å²) in [5.41, 5.74) is 6.14. The zero-order chi connectivity index (χ0) is 13.0. The van der Waals surface area contributed by atoms with Crippen LogP contribution in [0.1, 0.15) is 28.4 Å². The van der Waals surface area contributed by atoms with Gasteiger partial charge in [-0.05, 0) is 6.54 Å². The molecule has 1 aromatic rings. The third-order valence-corrected chi connectivity index (χ3v) is 2.38.